The molecule has 23 heavy (non-hydrogen) atoms. The van der Waals surface area contributed by atoms with Gasteiger partial charge in [-0.1, -0.05) is 26.0 Å². The number of benzene rings is 1. The van der Waals surface area contributed by atoms with Gasteiger partial charge in [0.1, 0.15) is 0 Å². The number of hydrogen-bond acceptors (Lipinski definition) is 4. The fourth-order valence-corrected chi connectivity index (χ4v) is 2.72. The Kier molecular flexibility index (Phi) is 5.31. The lowest BCUT2D eigenvalue weighted by molar-refractivity contribution is 0.0828. The monoisotopic (exact) mass is 319 g/mol. The van der Waals surface area contributed by atoms with E-state index in [1.54, 1.807) is 13.2 Å². The third-order valence-electron chi connectivity index (χ3n) is 4.81. The van der Waals surface area contributed by atoms with Gasteiger partial charge < -0.3 is 19.6 Å². The lowest BCUT2D eigenvalue weighted by Gasteiger charge is -2.29. The van der Waals surface area contributed by atoms with Gasteiger partial charge in [0.25, 0.3) is 5.91 Å². The maximum atomic E-state index is 12.5. The van der Waals surface area contributed by atoms with Crippen molar-refractivity contribution in [3.05, 3.63) is 29.5 Å². The number of amides is 1. The number of aliphatic hydroxyl groups excluding tert-OH is 1. The predicted molar refractivity (Wildman–Crippen MR) is 89.9 cm³/mol. The summed E-state index contributed by atoms with van der Waals surface area (Å²) in [5.74, 6) is 0.639. The van der Waals surface area contributed by atoms with Gasteiger partial charge in [-0.3, -0.25) is 4.79 Å². The zero-order chi connectivity index (χ0) is 17.0. The molecule has 0 saturated carbocycles. The molecule has 1 amide bonds. The Morgan fingerprint density at radius 1 is 1.35 bits per heavy atom. The molecule has 126 valence electrons. The van der Waals surface area contributed by atoms with E-state index >= 15 is 0 Å². The number of nitrogens with one attached hydrogen (secondary N) is 1. The van der Waals surface area contributed by atoms with Crippen molar-refractivity contribution in [2.45, 2.75) is 33.6 Å². The van der Waals surface area contributed by atoms with Crippen molar-refractivity contribution in [1.82, 2.24) is 5.32 Å². The fourth-order valence-electron chi connectivity index (χ4n) is 2.72. The largest absolute Gasteiger partial charge is 0.493 e. The second-order valence-corrected chi connectivity index (χ2v) is 5.94. The second-order valence-electron chi connectivity index (χ2n) is 5.94. The first kappa shape index (κ1) is 17.3. The summed E-state index contributed by atoms with van der Waals surface area (Å²) in [6.45, 7) is 6.36. The van der Waals surface area contributed by atoms with E-state index < -0.39 is 0 Å². The summed E-state index contributed by atoms with van der Waals surface area (Å²) < 4.78 is 11.0. The zero-order valence-corrected chi connectivity index (χ0v) is 14.2. The van der Waals surface area contributed by atoms with Gasteiger partial charge in [-0.25, -0.2) is 0 Å². The van der Waals surface area contributed by atoms with Gasteiger partial charge in [-0.15, -0.1) is 0 Å². The molecule has 2 aromatic rings. The number of carbonyl (C=O) groups excluding carboxylic acids is 1. The summed E-state index contributed by atoms with van der Waals surface area (Å²) in [7, 11) is 1.57. The number of carbonyl (C=O) groups is 1. The molecule has 2 rings (SSSR count). The van der Waals surface area contributed by atoms with Crippen molar-refractivity contribution >= 4 is 16.9 Å². The summed E-state index contributed by atoms with van der Waals surface area (Å²) in [4.78, 5) is 12.5. The third-order valence-corrected chi connectivity index (χ3v) is 4.81. The highest BCUT2D eigenvalue weighted by Crippen LogP contribution is 2.32. The minimum Gasteiger partial charge on any atom is -0.493 e. The zero-order valence-electron chi connectivity index (χ0n) is 14.2. The van der Waals surface area contributed by atoms with Gasteiger partial charge in [0.2, 0.25) is 0 Å². The first-order chi connectivity index (χ1) is 11.0. The first-order valence-corrected chi connectivity index (χ1v) is 7.97. The van der Waals surface area contributed by atoms with Crippen LogP contribution in [0.4, 0.5) is 0 Å². The number of furan rings is 1. The normalized spacial score (nSPS) is 11.7. The average molecular weight is 319 g/mol. The van der Waals surface area contributed by atoms with Crippen molar-refractivity contribution in [1.29, 1.82) is 0 Å². The molecule has 1 aromatic heterocycles. The molecule has 0 radical (unpaired) electrons. The van der Waals surface area contributed by atoms with E-state index in [1.165, 1.54) is 0 Å². The molecule has 0 saturated heterocycles. The SMILES string of the molecule is CCC(CC)(CO)CNC(=O)c1oc2c(OC)cccc2c1C. The van der Waals surface area contributed by atoms with Crippen LogP contribution < -0.4 is 10.1 Å². The van der Waals surface area contributed by atoms with E-state index in [2.05, 4.69) is 5.32 Å². The smallest absolute Gasteiger partial charge is 0.287 e. The number of para-hydroxylation sites is 1. The molecule has 0 aliphatic carbocycles. The molecule has 2 N–H and O–H groups in total. The van der Waals surface area contributed by atoms with E-state index in [0.717, 1.165) is 23.8 Å². The van der Waals surface area contributed by atoms with Crippen molar-refractivity contribution in [3.63, 3.8) is 0 Å². The van der Waals surface area contributed by atoms with Crippen LogP contribution in [0.1, 0.15) is 42.8 Å². The summed E-state index contributed by atoms with van der Waals surface area (Å²) in [5, 5.41) is 13.4. The van der Waals surface area contributed by atoms with E-state index in [1.807, 2.05) is 32.9 Å². The molecule has 0 aliphatic rings. The number of aryl methyl sites for hydroxylation is 1. The highest BCUT2D eigenvalue weighted by Gasteiger charge is 2.27. The van der Waals surface area contributed by atoms with Crippen LogP contribution in [0.2, 0.25) is 0 Å². The molecular weight excluding hydrogens is 294 g/mol. The van der Waals surface area contributed by atoms with Crippen LogP contribution in [-0.4, -0.2) is 31.3 Å². The van der Waals surface area contributed by atoms with E-state index in [9.17, 15) is 9.90 Å². The summed E-state index contributed by atoms with van der Waals surface area (Å²) >= 11 is 0. The van der Waals surface area contributed by atoms with Gasteiger partial charge in [-0.2, -0.15) is 0 Å². The number of rotatable bonds is 7. The molecule has 1 heterocycles. The fraction of sp³-hybridized carbons (Fsp3) is 0.500. The molecule has 0 atom stereocenters. The molecule has 0 bridgehead atoms. The number of ether oxygens (including phenoxy) is 1. The predicted octanol–water partition coefficient (Wildman–Crippen LogP) is 3.28. The highest BCUT2D eigenvalue weighted by molar-refractivity contribution is 6.00. The van der Waals surface area contributed by atoms with Crippen LogP contribution in [0.5, 0.6) is 5.75 Å². The minimum atomic E-state index is -0.284. The van der Waals surface area contributed by atoms with Crippen molar-refractivity contribution in [2.75, 3.05) is 20.3 Å². The quantitative estimate of drug-likeness (QED) is 0.821. The number of hydrogen-bond donors (Lipinski definition) is 2. The van der Waals surface area contributed by atoms with Crippen LogP contribution in [0.3, 0.4) is 0 Å². The van der Waals surface area contributed by atoms with Crippen molar-refractivity contribution in [3.8, 4) is 5.75 Å². The van der Waals surface area contributed by atoms with Crippen LogP contribution >= 0.6 is 0 Å². The molecule has 0 unspecified atom stereocenters. The molecule has 0 aliphatic heterocycles. The standard InChI is InChI=1S/C18H25NO4/c1-5-18(6-2,11-20)10-19-17(21)15-12(3)13-8-7-9-14(22-4)16(13)23-15/h7-9,20H,5-6,10-11H2,1-4H3,(H,19,21). The van der Waals surface area contributed by atoms with Gasteiger partial charge in [0.15, 0.2) is 17.1 Å². The Morgan fingerprint density at radius 3 is 2.61 bits per heavy atom. The van der Waals surface area contributed by atoms with Gasteiger partial charge in [0.05, 0.1) is 13.7 Å². The van der Waals surface area contributed by atoms with Gasteiger partial charge in [-0.05, 0) is 25.8 Å². The molecule has 0 spiro atoms. The van der Waals surface area contributed by atoms with Crippen molar-refractivity contribution in [2.24, 2.45) is 5.41 Å². The molecule has 5 heteroatoms. The molecule has 5 nitrogen and oxygen atoms in total. The Labute approximate surface area is 136 Å². The first-order valence-electron chi connectivity index (χ1n) is 7.97. The Hall–Kier alpha value is -2.01. The maximum absolute atomic E-state index is 12.5. The van der Waals surface area contributed by atoms with Gasteiger partial charge >= 0.3 is 0 Å². The number of aliphatic hydroxyl groups is 1. The van der Waals surface area contributed by atoms with Crippen LogP contribution in [-0.2, 0) is 0 Å². The number of methoxy groups -OCH3 is 1. The summed E-state index contributed by atoms with van der Waals surface area (Å²) in [5.41, 5.74) is 1.09. The lowest BCUT2D eigenvalue weighted by atomic mass is 9.83. The highest BCUT2D eigenvalue weighted by atomic mass is 16.5. The number of fused-ring (bicyclic) bond motifs is 1. The molecule has 1 aromatic carbocycles. The van der Waals surface area contributed by atoms with Gasteiger partial charge in [0, 0.05) is 22.9 Å². The lowest BCUT2D eigenvalue weighted by Crippen LogP contribution is -2.39. The molecule has 0 fully saturated rings. The van der Waals surface area contributed by atoms with E-state index in [4.69, 9.17) is 9.15 Å². The van der Waals surface area contributed by atoms with Crippen LogP contribution in [0, 0.1) is 12.3 Å². The molecular formula is C18H25NO4. The maximum Gasteiger partial charge on any atom is 0.287 e. The Morgan fingerprint density at radius 2 is 2.04 bits per heavy atom. The minimum absolute atomic E-state index is 0.0488. The average Bonchev–Trinajstić information content (AvgIpc) is 2.93. The topological polar surface area (TPSA) is 71.7 Å². The van der Waals surface area contributed by atoms with E-state index in [-0.39, 0.29) is 17.9 Å². The second kappa shape index (κ2) is 7.04. The van der Waals surface area contributed by atoms with Crippen LogP contribution in [0.25, 0.3) is 11.0 Å². The van der Waals surface area contributed by atoms with Crippen LogP contribution in [0.15, 0.2) is 22.6 Å². The van der Waals surface area contributed by atoms with E-state index in [0.29, 0.717) is 23.6 Å². The summed E-state index contributed by atoms with van der Waals surface area (Å²) in [6.07, 6.45) is 1.60. The Balaban J connectivity index is 2.26. The Bertz CT molecular complexity index is 677. The van der Waals surface area contributed by atoms with Crippen molar-refractivity contribution < 1.29 is 19.1 Å². The summed E-state index contributed by atoms with van der Waals surface area (Å²) in [6, 6.07) is 5.58. The third kappa shape index (κ3) is 3.20.